The molecule has 1 aromatic carbocycles. The summed E-state index contributed by atoms with van der Waals surface area (Å²) in [5.41, 5.74) is 1.06. The molecule has 4 heteroatoms. The molecule has 3 rings (SSSR count). The average Bonchev–Trinajstić information content (AvgIpc) is 3.07. The Morgan fingerprint density at radius 3 is 2.70 bits per heavy atom. The fraction of sp³-hybridized carbons (Fsp3) is 0.375. The molecule has 1 spiro atoms. The van der Waals surface area contributed by atoms with Crippen molar-refractivity contribution < 1.29 is 18.9 Å². The molecule has 2 atom stereocenters. The van der Waals surface area contributed by atoms with Crippen LogP contribution in [0.15, 0.2) is 42.2 Å². The third-order valence-electron chi connectivity index (χ3n) is 3.54. The highest BCUT2D eigenvalue weighted by Crippen LogP contribution is 2.39. The minimum Gasteiger partial charge on any atom is -0.497 e. The minimum absolute atomic E-state index is 0.181. The van der Waals surface area contributed by atoms with Gasteiger partial charge in [-0.1, -0.05) is 12.1 Å². The summed E-state index contributed by atoms with van der Waals surface area (Å²) in [7, 11) is 3.31. The van der Waals surface area contributed by atoms with E-state index in [2.05, 4.69) is 0 Å². The van der Waals surface area contributed by atoms with Gasteiger partial charge in [-0.05, 0) is 35.9 Å². The molecule has 2 aliphatic rings. The Balaban J connectivity index is 1.71. The number of benzene rings is 1. The van der Waals surface area contributed by atoms with Crippen LogP contribution in [-0.4, -0.2) is 26.3 Å². The largest absolute Gasteiger partial charge is 0.497 e. The van der Waals surface area contributed by atoms with Crippen molar-refractivity contribution in [3.8, 4) is 5.75 Å². The molecule has 0 N–H and O–H groups in total. The van der Waals surface area contributed by atoms with Crippen molar-refractivity contribution in [2.45, 2.75) is 24.9 Å². The molecular weight excluding hydrogens is 256 g/mol. The third kappa shape index (κ3) is 2.57. The molecule has 106 valence electrons. The molecule has 2 heterocycles. The number of methoxy groups -OCH3 is 2. The zero-order valence-corrected chi connectivity index (χ0v) is 11.7. The third-order valence-corrected chi connectivity index (χ3v) is 3.54. The summed E-state index contributed by atoms with van der Waals surface area (Å²) in [5.74, 6) is 0.999. The Hall–Kier alpha value is -1.78. The number of hydrogen-bond donors (Lipinski definition) is 0. The van der Waals surface area contributed by atoms with Crippen LogP contribution in [0.5, 0.6) is 5.75 Å². The van der Waals surface area contributed by atoms with E-state index in [-0.39, 0.29) is 6.29 Å². The molecule has 2 aliphatic heterocycles. The maximum Gasteiger partial charge on any atom is 0.233 e. The van der Waals surface area contributed by atoms with Crippen LogP contribution >= 0.6 is 0 Å². The molecule has 0 amide bonds. The molecule has 0 aliphatic carbocycles. The first-order valence-electron chi connectivity index (χ1n) is 6.68. The standard InChI is InChI=1S/C16H18O4/c1-17-13-5-3-12(4-6-13)11-14-7-9-16(19-14)10-8-15(18-2)20-16/h3-7,9,11,15H,8,10H2,1-2H3/b14-11+. The van der Waals surface area contributed by atoms with Gasteiger partial charge in [0.25, 0.3) is 0 Å². The van der Waals surface area contributed by atoms with Gasteiger partial charge < -0.3 is 18.9 Å². The van der Waals surface area contributed by atoms with Crippen molar-refractivity contribution in [2.24, 2.45) is 0 Å². The predicted octanol–water partition coefficient (Wildman–Crippen LogP) is 3.10. The second kappa shape index (κ2) is 5.31. The van der Waals surface area contributed by atoms with E-state index in [1.54, 1.807) is 14.2 Å². The normalized spacial score (nSPS) is 30.1. The fourth-order valence-electron chi connectivity index (χ4n) is 2.44. The molecule has 4 nitrogen and oxygen atoms in total. The van der Waals surface area contributed by atoms with Crippen molar-refractivity contribution in [2.75, 3.05) is 14.2 Å². The smallest absolute Gasteiger partial charge is 0.233 e. The monoisotopic (exact) mass is 274 g/mol. The van der Waals surface area contributed by atoms with Gasteiger partial charge in [0.2, 0.25) is 5.79 Å². The first-order valence-corrected chi connectivity index (χ1v) is 6.68. The van der Waals surface area contributed by atoms with Crippen LogP contribution in [0.25, 0.3) is 6.08 Å². The van der Waals surface area contributed by atoms with E-state index in [0.29, 0.717) is 0 Å². The zero-order valence-electron chi connectivity index (χ0n) is 11.7. The van der Waals surface area contributed by atoms with Gasteiger partial charge in [-0.15, -0.1) is 0 Å². The molecule has 0 bridgehead atoms. The van der Waals surface area contributed by atoms with Gasteiger partial charge in [0.1, 0.15) is 11.5 Å². The summed E-state index contributed by atoms with van der Waals surface area (Å²) < 4.78 is 22.0. The summed E-state index contributed by atoms with van der Waals surface area (Å²) in [6.07, 6.45) is 7.36. The summed E-state index contributed by atoms with van der Waals surface area (Å²) in [6, 6.07) is 7.82. The highest BCUT2D eigenvalue weighted by Gasteiger charge is 2.43. The van der Waals surface area contributed by atoms with E-state index in [4.69, 9.17) is 18.9 Å². The molecule has 20 heavy (non-hydrogen) atoms. The van der Waals surface area contributed by atoms with Crippen LogP contribution in [0.3, 0.4) is 0 Å². The van der Waals surface area contributed by atoms with Crippen LogP contribution in [0.2, 0.25) is 0 Å². The summed E-state index contributed by atoms with van der Waals surface area (Å²) >= 11 is 0. The lowest BCUT2D eigenvalue weighted by molar-refractivity contribution is -0.218. The van der Waals surface area contributed by atoms with E-state index in [9.17, 15) is 0 Å². The van der Waals surface area contributed by atoms with Gasteiger partial charge >= 0.3 is 0 Å². The Morgan fingerprint density at radius 2 is 2.05 bits per heavy atom. The van der Waals surface area contributed by atoms with Gasteiger partial charge in [-0.25, -0.2) is 0 Å². The van der Waals surface area contributed by atoms with Crippen molar-refractivity contribution in [1.82, 2.24) is 0 Å². The second-order valence-electron chi connectivity index (χ2n) is 4.89. The summed E-state index contributed by atoms with van der Waals surface area (Å²) in [6.45, 7) is 0. The highest BCUT2D eigenvalue weighted by molar-refractivity contribution is 5.56. The number of ether oxygens (including phenoxy) is 4. The van der Waals surface area contributed by atoms with E-state index in [1.165, 1.54) is 0 Å². The quantitative estimate of drug-likeness (QED) is 0.848. The molecule has 2 unspecified atom stereocenters. The van der Waals surface area contributed by atoms with E-state index in [0.717, 1.165) is 29.9 Å². The lowest BCUT2D eigenvalue weighted by Gasteiger charge is -2.22. The molecule has 1 fully saturated rings. The lowest BCUT2D eigenvalue weighted by atomic mass is 10.2. The second-order valence-corrected chi connectivity index (χ2v) is 4.89. The average molecular weight is 274 g/mol. The van der Waals surface area contributed by atoms with Gasteiger partial charge in [0.15, 0.2) is 6.29 Å². The first-order chi connectivity index (χ1) is 9.73. The van der Waals surface area contributed by atoms with Crippen LogP contribution < -0.4 is 4.74 Å². The first kappa shape index (κ1) is 13.2. The van der Waals surface area contributed by atoms with E-state index >= 15 is 0 Å². The molecule has 1 saturated heterocycles. The molecule has 0 aromatic heterocycles. The van der Waals surface area contributed by atoms with Crippen LogP contribution in [-0.2, 0) is 14.2 Å². The lowest BCUT2D eigenvalue weighted by Crippen LogP contribution is -2.27. The predicted molar refractivity (Wildman–Crippen MR) is 75.0 cm³/mol. The maximum absolute atomic E-state index is 5.92. The molecular formula is C16H18O4. The van der Waals surface area contributed by atoms with Gasteiger partial charge in [0, 0.05) is 20.0 Å². The number of allylic oxidation sites excluding steroid dienone is 1. The molecule has 1 aromatic rings. The van der Waals surface area contributed by atoms with Crippen molar-refractivity contribution in [3.63, 3.8) is 0 Å². The van der Waals surface area contributed by atoms with Gasteiger partial charge in [-0.2, -0.15) is 0 Å². The maximum atomic E-state index is 5.92. The summed E-state index contributed by atoms with van der Waals surface area (Å²) in [4.78, 5) is 0. The van der Waals surface area contributed by atoms with Gasteiger partial charge in [0.05, 0.1) is 7.11 Å². The van der Waals surface area contributed by atoms with Gasteiger partial charge in [-0.3, -0.25) is 0 Å². The number of hydrogen-bond acceptors (Lipinski definition) is 4. The van der Waals surface area contributed by atoms with Crippen molar-refractivity contribution in [3.05, 3.63) is 47.7 Å². The van der Waals surface area contributed by atoms with E-state index in [1.807, 2.05) is 42.5 Å². The Labute approximate surface area is 118 Å². The Bertz CT molecular complexity index is 532. The Kier molecular flexibility index (Phi) is 3.51. The minimum atomic E-state index is -0.640. The van der Waals surface area contributed by atoms with Crippen LogP contribution in [0, 0.1) is 0 Å². The summed E-state index contributed by atoms with van der Waals surface area (Å²) in [5, 5.41) is 0. The number of rotatable bonds is 3. The van der Waals surface area contributed by atoms with E-state index < -0.39 is 5.79 Å². The fourth-order valence-corrected chi connectivity index (χ4v) is 2.44. The highest BCUT2D eigenvalue weighted by atomic mass is 16.8. The van der Waals surface area contributed by atoms with Crippen molar-refractivity contribution >= 4 is 6.08 Å². The zero-order chi connectivity index (χ0) is 14.0. The molecule has 0 saturated carbocycles. The topological polar surface area (TPSA) is 36.9 Å². The van der Waals surface area contributed by atoms with Crippen molar-refractivity contribution in [1.29, 1.82) is 0 Å². The Morgan fingerprint density at radius 1 is 1.25 bits per heavy atom. The molecule has 0 radical (unpaired) electrons. The van der Waals surface area contributed by atoms with Crippen LogP contribution in [0.1, 0.15) is 18.4 Å². The van der Waals surface area contributed by atoms with Crippen LogP contribution in [0.4, 0.5) is 0 Å². The SMILES string of the molecule is COc1ccc(/C=C2\C=CC3(CCC(OC)O3)O2)cc1.